The SMILES string of the molecule is Cc1nc2cc3c(cc2n1C)C1CCC3CN(C(=O)OC(C)(C)C)C1. The molecule has 2 aromatic rings. The van der Waals surface area contributed by atoms with Crippen LogP contribution in [0, 0.1) is 6.92 Å². The van der Waals surface area contributed by atoms with Gasteiger partial charge in [-0.25, -0.2) is 9.78 Å². The maximum absolute atomic E-state index is 12.6. The van der Waals surface area contributed by atoms with Gasteiger partial charge in [-0.3, -0.25) is 0 Å². The summed E-state index contributed by atoms with van der Waals surface area (Å²) >= 11 is 0. The zero-order valence-corrected chi connectivity index (χ0v) is 15.8. The molecule has 0 saturated carbocycles. The Morgan fingerprint density at radius 2 is 1.76 bits per heavy atom. The van der Waals surface area contributed by atoms with Crippen molar-refractivity contribution in [1.29, 1.82) is 0 Å². The molecular weight excluding hydrogens is 314 g/mol. The van der Waals surface area contributed by atoms with Gasteiger partial charge >= 0.3 is 6.09 Å². The van der Waals surface area contributed by atoms with Crippen molar-refractivity contribution in [2.45, 2.75) is 58.0 Å². The van der Waals surface area contributed by atoms with Crippen LogP contribution in [0.4, 0.5) is 4.79 Å². The van der Waals surface area contributed by atoms with Gasteiger partial charge < -0.3 is 14.2 Å². The molecule has 0 spiro atoms. The van der Waals surface area contributed by atoms with Crippen molar-refractivity contribution in [1.82, 2.24) is 14.5 Å². The summed E-state index contributed by atoms with van der Waals surface area (Å²) in [7, 11) is 2.07. The first-order valence-corrected chi connectivity index (χ1v) is 9.18. The Labute approximate surface area is 149 Å². The number of fused-ring (bicyclic) bond motifs is 4. The molecule has 134 valence electrons. The number of nitrogens with zero attached hydrogens (tertiary/aromatic N) is 3. The van der Waals surface area contributed by atoms with E-state index in [2.05, 4.69) is 23.7 Å². The Morgan fingerprint density at radius 3 is 2.36 bits per heavy atom. The van der Waals surface area contributed by atoms with E-state index in [4.69, 9.17) is 9.72 Å². The number of imidazole rings is 1. The van der Waals surface area contributed by atoms with Gasteiger partial charge in [-0.15, -0.1) is 0 Å². The topological polar surface area (TPSA) is 47.4 Å². The zero-order valence-electron chi connectivity index (χ0n) is 15.8. The number of carbonyl (C=O) groups is 1. The predicted molar refractivity (Wildman–Crippen MR) is 98.0 cm³/mol. The van der Waals surface area contributed by atoms with Crippen LogP contribution in [0.1, 0.15) is 62.4 Å². The molecule has 1 amide bonds. The van der Waals surface area contributed by atoms with Gasteiger partial charge in [-0.05, 0) is 63.8 Å². The first-order valence-electron chi connectivity index (χ1n) is 9.18. The van der Waals surface area contributed by atoms with E-state index in [0.717, 1.165) is 37.3 Å². The fourth-order valence-electron chi connectivity index (χ4n) is 4.27. The Morgan fingerprint density at radius 1 is 1.16 bits per heavy atom. The van der Waals surface area contributed by atoms with Crippen LogP contribution in [0.5, 0.6) is 0 Å². The molecule has 2 unspecified atom stereocenters. The summed E-state index contributed by atoms with van der Waals surface area (Å²) in [6, 6.07) is 4.56. The van der Waals surface area contributed by atoms with E-state index in [9.17, 15) is 4.79 Å². The summed E-state index contributed by atoms with van der Waals surface area (Å²) in [6.45, 7) is 9.31. The van der Waals surface area contributed by atoms with E-state index in [1.54, 1.807) is 0 Å². The van der Waals surface area contributed by atoms with Crippen molar-refractivity contribution in [3.05, 3.63) is 29.1 Å². The van der Waals surface area contributed by atoms with Gasteiger partial charge in [-0.2, -0.15) is 0 Å². The zero-order chi connectivity index (χ0) is 17.9. The van der Waals surface area contributed by atoms with Crippen molar-refractivity contribution in [2.24, 2.45) is 7.05 Å². The lowest BCUT2D eigenvalue weighted by Crippen LogP contribution is -2.38. The van der Waals surface area contributed by atoms with E-state index >= 15 is 0 Å². The van der Waals surface area contributed by atoms with Crippen molar-refractivity contribution >= 4 is 17.1 Å². The van der Waals surface area contributed by atoms with Gasteiger partial charge in [0.15, 0.2) is 0 Å². The molecule has 1 fully saturated rings. The maximum Gasteiger partial charge on any atom is 0.410 e. The molecule has 3 aliphatic rings. The van der Waals surface area contributed by atoms with Gasteiger partial charge in [0.1, 0.15) is 11.4 Å². The van der Waals surface area contributed by atoms with Crippen LogP contribution in [-0.4, -0.2) is 39.2 Å². The Balaban J connectivity index is 1.71. The predicted octanol–water partition coefficient (Wildman–Crippen LogP) is 4.09. The van der Waals surface area contributed by atoms with Crippen LogP contribution in [0.25, 0.3) is 11.0 Å². The van der Waals surface area contributed by atoms with Crippen molar-refractivity contribution in [3.8, 4) is 0 Å². The molecule has 2 bridgehead atoms. The lowest BCUT2D eigenvalue weighted by atomic mass is 9.78. The molecule has 5 nitrogen and oxygen atoms in total. The van der Waals surface area contributed by atoms with Crippen molar-refractivity contribution < 1.29 is 9.53 Å². The fraction of sp³-hybridized carbons (Fsp3) is 0.600. The summed E-state index contributed by atoms with van der Waals surface area (Å²) in [4.78, 5) is 19.2. The highest BCUT2D eigenvalue weighted by Crippen LogP contribution is 2.44. The van der Waals surface area contributed by atoms with Crippen LogP contribution < -0.4 is 0 Å². The quantitative estimate of drug-likeness (QED) is 0.725. The number of hydrogen-bond acceptors (Lipinski definition) is 3. The summed E-state index contributed by atoms with van der Waals surface area (Å²) in [5.41, 5.74) is 4.58. The third kappa shape index (κ3) is 2.79. The molecule has 5 rings (SSSR count). The van der Waals surface area contributed by atoms with Gasteiger partial charge in [-0.1, -0.05) is 0 Å². The number of aryl methyl sites for hydroxylation is 2. The minimum atomic E-state index is -0.453. The molecule has 0 radical (unpaired) electrons. The largest absolute Gasteiger partial charge is 0.444 e. The van der Waals surface area contributed by atoms with Gasteiger partial charge in [0, 0.05) is 32.0 Å². The van der Waals surface area contributed by atoms with Crippen molar-refractivity contribution in [3.63, 3.8) is 0 Å². The molecule has 25 heavy (non-hydrogen) atoms. The van der Waals surface area contributed by atoms with Crippen LogP contribution in [0.3, 0.4) is 0 Å². The summed E-state index contributed by atoms with van der Waals surface area (Å²) < 4.78 is 7.78. The number of aromatic nitrogens is 2. The number of benzene rings is 1. The lowest BCUT2D eigenvalue weighted by Gasteiger charge is -2.27. The summed E-state index contributed by atoms with van der Waals surface area (Å²) in [5, 5.41) is 0. The molecule has 2 aliphatic heterocycles. The molecular formula is C20H27N3O2. The second-order valence-corrected chi connectivity index (χ2v) is 8.54. The number of amides is 1. The Kier molecular flexibility index (Phi) is 3.60. The number of hydrogen-bond donors (Lipinski definition) is 0. The average molecular weight is 341 g/mol. The summed E-state index contributed by atoms with van der Waals surface area (Å²) in [6.07, 6.45) is 2.09. The minimum Gasteiger partial charge on any atom is -0.444 e. The van der Waals surface area contributed by atoms with E-state index < -0.39 is 5.60 Å². The standard InChI is InChI=1S/C20H27N3O2/c1-12-21-17-8-15-13-6-7-14(16(15)9-18(17)22(12)5)11-23(10-13)19(24)25-20(2,3)4/h8-9,13-14H,6-7,10-11H2,1-5H3. The second kappa shape index (κ2) is 5.48. The molecule has 1 aromatic heterocycles. The number of rotatable bonds is 0. The van der Waals surface area contributed by atoms with Gasteiger partial charge in [0.25, 0.3) is 0 Å². The Hall–Kier alpha value is -2.04. The monoisotopic (exact) mass is 341 g/mol. The Bertz CT molecular complexity index is 847. The number of carbonyl (C=O) groups excluding carboxylic acids is 1. The van der Waals surface area contributed by atoms with E-state index in [1.165, 1.54) is 16.6 Å². The van der Waals surface area contributed by atoms with Gasteiger partial charge in [0.05, 0.1) is 11.0 Å². The molecule has 3 heterocycles. The van der Waals surface area contributed by atoms with E-state index in [-0.39, 0.29) is 6.09 Å². The highest BCUT2D eigenvalue weighted by Gasteiger charge is 2.37. The lowest BCUT2D eigenvalue weighted by molar-refractivity contribution is 0.0246. The second-order valence-electron chi connectivity index (χ2n) is 8.54. The first-order chi connectivity index (χ1) is 11.7. The molecule has 1 aromatic carbocycles. The molecule has 2 atom stereocenters. The molecule has 0 N–H and O–H groups in total. The first kappa shape index (κ1) is 16.4. The molecule has 1 aliphatic carbocycles. The smallest absolute Gasteiger partial charge is 0.410 e. The van der Waals surface area contributed by atoms with Crippen LogP contribution in [0.15, 0.2) is 12.1 Å². The van der Waals surface area contributed by atoms with Crippen LogP contribution in [-0.2, 0) is 11.8 Å². The van der Waals surface area contributed by atoms with E-state index in [1.807, 2.05) is 32.6 Å². The van der Waals surface area contributed by atoms with Crippen LogP contribution in [0.2, 0.25) is 0 Å². The highest BCUT2D eigenvalue weighted by molar-refractivity contribution is 5.79. The normalized spacial score (nSPS) is 22.8. The molecule has 5 heteroatoms. The average Bonchev–Trinajstić information content (AvgIpc) is 2.71. The van der Waals surface area contributed by atoms with Gasteiger partial charge in [0.2, 0.25) is 0 Å². The third-order valence-electron chi connectivity index (χ3n) is 5.59. The number of ether oxygens (including phenoxy) is 1. The molecule has 1 saturated heterocycles. The minimum absolute atomic E-state index is 0.185. The maximum atomic E-state index is 12.6. The highest BCUT2D eigenvalue weighted by atomic mass is 16.6. The fourth-order valence-corrected chi connectivity index (χ4v) is 4.27. The van der Waals surface area contributed by atoms with E-state index in [0.29, 0.717) is 11.8 Å². The summed E-state index contributed by atoms with van der Waals surface area (Å²) in [5.74, 6) is 1.81. The van der Waals surface area contributed by atoms with Crippen molar-refractivity contribution in [2.75, 3.05) is 13.1 Å². The van der Waals surface area contributed by atoms with Crippen LogP contribution >= 0.6 is 0 Å². The third-order valence-corrected chi connectivity index (χ3v) is 5.59.